The molecule has 0 spiro atoms. The summed E-state index contributed by atoms with van der Waals surface area (Å²) < 4.78 is 19.5. The van der Waals surface area contributed by atoms with Gasteiger partial charge < -0.3 is 14.7 Å². The van der Waals surface area contributed by atoms with E-state index in [2.05, 4.69) is 0 Å². The van der Waals surface area contributed by atoms with E-state index in [1.807, 2.05) is 0 Å². The number of thiophene rings is 1. The van der Waals surface area contributed by atoms with Crippen LogP contribution in [0.1, 0.15) is 34.1 Å². The van der Waals surface area contributed by atoms with E-state index in [1.54, 1.807) is 23.6 Å². The average molecular weight is 387 g/mol. The molecule has 1 fully saturated rings. The lowest BCUT2D eigenvalue weighted by atomic mass is 9.95. The number of aliphatic hydroxyl groups excluding tert-OH is 1. The Morgan fingerprint density at radius 1 is 1.33 bits per heavy atom. The van der Waals surface area contributed by atoms with Gasteiger partial charge in [0.25, 0.3) is 5.91 Å². The molecular formula is C20H18FNO4S. The number of benzene rings is 1. The maximum atomic E-state index is 13.9. The van der Waals surface area contributed by atoms with Gasteiger partial charge >= 0.3 is 0 Å². The Morgan fingerprint density at radius 2 is 2.19 bits per heavy atom. The van der Waals surface area contributed by atoms with Gasteiger partial charge in [0, 0.05) is 13.2 Å². The molecule has 0 bridgehead atoms. The zero-order valence-electron chi connectivity index (χ0n) is 14.4. The highest BCUT2D eigenvalue weighted by molar-refractivity contribution is 7.12. The van der Waals surface area contributed by atoms with E-state index in [-0.39, 0.29) is 18.2 Å². The van der Waals surface area contributed by atoms with Crippen LogP contribution in [0.4, 0.5) is 4.39 Å². The maximum Gasteiger partial charge on any atom is 0.290 e. The molecule has 27 heavy (non-hydrogen) atoms. The van der Waals surface area contributed by atoms with Crippen LogP contribution in [0.3, 0.4) is 0 Å². The van der Waals surface area contributed by atoms with Crippen molar-refractivity contribution < 1.29 is 23.8 Å². The van der Waals surface area contributed by atoms with Gasteiger partial charge in [-0.25, -0.2) is 4.39 Å². The van der Waals surface area contributed by atoms with Crippen LogP contribution in [-0.4, -0.2) is 41.0 Å². The molecule has 1 saturated heterocycles. The highest BCUT2D eigenvalue weighted by Crippen LogP contribution is 2.40. The van der Waals surface area contributed by atoms with E-state index >= 15 is 0 Å². The molecule has 1 aromatic carbocycles. The molecule has 0 radical (unpaired) electrons. The third-order valence-electron chi connectivity index (χ3n) is 4.88. The number of ether oxygens (including phenoxy) is 1. The normalized spacial score (nSPS) is 22.7. The molecule has 1 N–H and O–H groups in total. The number of carbonyl (C=O) groups excluding carboxylic acids is 2. The number of carbonyl (C=O) groups is 2. The zero-order valence-corrected chi connectivity index (χ0v) is 15.2. The summed E-state index contributed by atoms with van der Waals surface area (Å²) in [4.78, 5) is 27.6. The lowest BCUT2D eigenvalue weighted by Gasteiger charge is -2.28. The van der Waals surface area contributed by atoms with E-state index in [0.29, 0.717) is 17.0 Å². The van der Waals surface area contributed by atoms with Gasteiger partial charge in [-0.2, -0.15) is 0 Å². The molecule has 1 aromatic heterocycles. The van der Waals surface area contributed by atoms with Crippen molar-refractivity contribution >= 4 is 23.0 Å². The molecular weight excluding hydrogens is 369 g/mol. The summed E-state index contributed by atoms with van der Waals surface area (Å²) in [6, 6.07) is 8.31. The highest BCUT2D eigenvalue weighted by Gasteiger charge is 2.45. The number of hydrogen-bond donors (Lipinski definition) is 1. The van der Waals surface area contributed by atoms with Crippen LogP contribution in [0, 0.1) is 5.82 Å². The van der Waals surface area contributed by atoms with Crippen LogP contribution in [-0.2, 0) is 9.53 Å². The fraction of sp³-hybridized carbons (Fsp3) is 0.300. The molecule has 140 valence electrons. The Kier molecular flexibility index (Phi) is 4.80. The van der Waals surface area contributed by atoms with Crippen molar-refractivity contribution in [3.63, 3.8) is 0 Å². The standard InChI is InChI=1S/C20H18FNO4S/c21-13-5-1-4-12(10-13)17-16(18(23)15-7-3-9-27-15)19(24)20(25)22(17)11-14-6-2-8-26-14/h1,3-5,7,9-10,14,17,24H,2,6,8,11H2/t14-,17-/m1/s1. The predicted molar refractivity (Wildman–Crippen MR) is 98.1 cm³/mol. The van der Waals surface area contributed by atoms with Gasteiger partial charge in [-0.3, -0.25) is 9.59 Å². The van der Waals surface area contributed by atoms with Crippen molar-refractivity contribution in [3.8, 4) is 0 Å². The number of aliphatic hydroxyl groups is 1. The topological polar surface area (TPSA) is 66.8 Å². The number of amides is 1. The minimum absolute atomic E-state index is 0.00829. The summed E-state index contributed by atoms with van der Waals surface area (Å²) in [5.41, 5.74) is 0.441. The molecule has 0 aliphatic carbocycles. The number of hydrogen-bond acceptors (Lipinski definition) is 5. The molecule has 2 aromatic rings. The Bertz CT molecular complexity index is 902. The molecule has 2 aliphatic rings. The Morgan fingerprint density at radius 3 is 2.85 bits per heavy atom. The summed E-state index contributed by atoms with van der Waals surface area (Å²) in [6.07, 6.45) is 1.54. The molecule has 4 rings (SSSR count). The second-order valence-electron chi connectivity index (χ2n) is 6.62. The molecule has 7 heteroatoms. The van der Waals surface area contributed by atoms with Gasteiger partial charge in [0.2, 0.25) is 5.78 Å². The van der Waals surface area contributed by atoms with Crippen LogP contribution in [0.5, 0.6) is 0 Å². The number of ketones is 1. The first-order chi connectivity index (χ1) is 13.1. The first-order valence-corrected chi connectivity index (χ1v) is 9.63. The summed E-state index contributed by atoms with van der Waals surface area (Å²) in [5.74, 6) is -2.08. The second-order valence-corrected chi connectivity index (χ2v) is 7.57. The molecule has 0 unspecified atom stereocenters. The number of nitrogens with zero attached hydrogens (tertiary/aromatic N) is 1. The molecule has 5 nitrogen and oxygen atoms in total. The Balaban J connectivity index is 1.76. The fourth-order valence-electron chi connectivity index (χ4n) is 3.65. The van der Waals surface area contributed by atoms with Crippen molar-refractivity contribution in [2.75, 3.05) is 13.2 Å². The van der Waals surface area contributed by atoms with Crippen LogP contribution in [0.25, 0.3) is 0 Å². The summed E-state index contributed by atoms with van der Waals surface area (Å²) in [5, 5.41) is 12.3. The van der Waals surface area contributed by atoms with Gasteiger partial charge in [-0.1, -0.05) is 18.2 Å². The Hall–Kier alpha value is -2.51. The minimum Gasteiger partial charge on any atom is -0.503 e. The lowest BCUT2D eigenvalue weighted by molar-refractivity contribution is -0.131. The highest BCUT2D eigenvalue weighted by atomic mass is 32.1. The summed E-state index contributed by atoms with van der Waals surface area (Å²) in [6.45, 7) is 0.864. The van der Waals surface area contributed by atoms with Crippen LogP contribution >= 0.6 is 11.3 Å². The molecule has 1 amide bonds. The molecule has 0 saturated carbocycles. The van der Waals surface area contributed by atoms with Gasteiger partial charge in [-0.05, 0) is 42.0 Å². The van der Waals surface area contributed by atoms with Gasteiger partial charge in [0.1, 0.15) is 5.82 Å². The van der Waals surface area contributed by atoms with Crippen molar-refractivity contribution in [1.29, 1.82) is 0 Å². The fourth-order valence-corrected chi connectivity index (χ4v) is 4.32. The van der Waals surface area contributed by atoms with Crippen molar-refractivity contribution in [2.24, 2.45) is 0 Å². The Labute approximate surface area is 159 Å². The first-order valence-electron chi connectivity index (χ1n) is 8.75. The average Bonchev–Trinajstić information content (AvgIpc) is 3.40. The monoisotopic (exact) mass is 387 g/mol. The number of rotatable bonds is 5. The zero-order chi connectivity index (χ0) is 19.0. The molecule has 3 heterocycles. The lowest BCUT2D eigenvalue weighted by Crippen LogP contribution is -2.37. The van der Waals surface area contributed by atoms with Gasteiger partial charge in [-0.15, -0.1) is 11.3 Å². The van der Waals surface area contributed by atoms with E-state index in [9.17, 15) is 19.1 Å². The number of halogens is 1. The largest absolute Gasteiger partial charge is 0.503 e. The van der Waals surface area contributed by atoms with E-state index in [1.165, 1.54) is 34.4 Å². The van der Waals surface area contributed by atoms with Crippen molar-refractivity contribution in [3.05, 3.63) is 69.4 Å². The summed E-state index contributed by atoms with van der Waals surface area (Å²) >= 11 is 1.23. The van der Waals surface area contributed by atoms with Crippen LogP contribution in [0.2, 0.25) is 0 Å². The van der Waals surface area contributed by atoms with Crippen molar-refractivity contribution in [2.45, 2.75) is 25.0 Å². The summed E-state index contributed by atoms with van der Waals surface area (Å²) in [7, 11) is 0. The SMILES string of the molecule is O=C(C1=C(O)C(=O)N(C[C@H]2CCCO2)[C@@H]1c1cccc(F)c1)c1cccs1. The number of Topliss-reactive ketones (excluding diaryl/α,β-unsaturated/α-hetero) is 1. The quantitative estimate of drug-likeness (QED) is 0.796. The van der Waals surface area contributed by atoms with Crippen LogP contribution in [0.15, 0.2) is 53.1 Å². The van der Waals surface area contributed by atoms with E-state index < -0.39 is 29.3 Å². The molecule has 2 atom stereocenters. The maximum absolute atomic E-state index is 13.9. The second kappa shape index (κ2) is 7.25. The van der Waals surface area contributed by atoms with E-state index in [0.717, 1.165) is 12.8 Å². The van der Waals surface area contributed by atoms with E-state index in [4.69, 9.17) is 4.74 Å². The smallest absolute Gasteiger partial charge is 0.290 e. The van der Waals surface area contributed by atoms with Gasteiger partial charge in [0.05, 0.1) is 22.6 Å². The van der Waals surface area contributed by atoms with Gasteiger partial charge in [0.15, 0.2) is 5.76 Å². The minimum atomic E-state index is -0.841. The van der Waals surface area contributed by atoms with Crippen LogP contribution < -0.4 is 0 Å². The van der Waals surface area contributed by atoms with Crippen molar-refractivity contribution in [1.82, 2.24) is 4.90 Å². The first kappa shape index (κ1) is 17.9. The third-order valence-corrected chi connectivity index (χ3v) is 5.75. The molecule has 2 aliphatic heterocycles. The predicted octanol–water partition coefficient (Wildman–Crippen LogP) is 3.64. The third kappa shape index (κ3) is 3.28.